The van der Waals surface area contributed by atoms with Crippen molar-refractivity contribution < 1.29 is 0 Å². The van der Waals surface area contributed by atoms with E-state index < -0.39 is 0 Å². The molecule has 5 heteroatoms. The Kier molecular flexibility index (Phi) is 2.71. The molecule has 0 aliphatic carbocycles. The van der Waals surface area contributed by atoms with Gasteiger partial charge >= 0.3 is 0 Å². The fourth-order valence-corrected chi connectivity index (χ4v) is 4.21. The number of hydrogen-bond donors (Lipinski definition) is 1. The lowest BCUT2D eigenvalue weighted by atomic mass is 9.96. The molecule has 2 N–H and O–H groups in total. The number of nitrogens with two attached hydrogens (primary N) is 1. The Morgan fingerprint density at radius 3 is 3.19 bits per heavy atom. The Morgan fingerprint density at radius 1 is 1.50 bits per heavy atom. The van der Waals surface area contributed by atoms with Crippen molar-refractivity contribution in [3.8, 4) is 0 Å². The van der Waals surface area contributed by atoms with Gasteiger partial charge < -0.3 is 5.73 Å². The summed E-state index contributed by atoms with van der Waals surface area (Å²) in [5, 5.41) is 3.50. The number of piperidine rings is 1. The van der Waals surface area contributed by atoms with Crippen LogP contribution in [0.1, 0.15) is 24.6 Å². The predicted octanol–water partition coefficient (Wildman–Crippen LogP) is 2.45. The van der Waals surface area contributed by atoms with Crippen molar-refractivity contribution in [2.75, 3.05) is 13.6 Å². The summed E-state index contributed by atoms with van der Waals surface area (Å²) in [5.74, 6) is 0. The maximum atomic E-state index is 5.98. The minimum absolute atomic E-state index is 0.331. The molecule has 2 aromatic heterocycles. The molecule has 2 unspecified atom stereocenters. The van der Waals surface area contributed by atoms with Gasteiger partial charge in [-0.1, -0.05) is 0 Å². The number of rotatable bonds is 1. The van der Waals surface area contributed by atoms with Gasteiger partial charge in [-0.25, -0.2) is 0 Å². The van der Waals surface area contributed by atoms with E-state index in [1.54, 1.807) is 22.9 Å². The molecule has 3 heterocycles. The molecule has 0 aromatic carbocycles. The summed E-state index contributed by atoms with van der Waals surface area (Å²) >= 11 is 3.41. The summed E-state index contributed by atoms with van der Waals surface area (Å²) in [6.07, 6.45) is 2.24. The molecule has 0 saturated carbocycles. The highest BCUT2D eigenvalue weighted by Gasteiger charge is 2.28. The van der Waals surface area contributed by atoms with Crippen LogP contribution in [-0.4, -0.2) is 28.9 Å². The molecule has 86 valence electrons. The van der Waals surface area contributed by atoms with Gasteiger partial charge in [-0.15, -0.1) is 11.3 Å². The monoisotopic (exact) mass is 253 g/mol. The minimum atomic E-state index is 0.331. The summed E-state index contributed by atoms with van der Waals surface area (Å²) < 4.78 is 5.97. The van der Waals surface area contributed by atoms with Gasteiger partial charge in [0.2, 0.25) is 0 Å². The van der Waals surface area contributed by atoms with E-state index in [4.69, 9.17) is 5.73 Å². The summed E-state index contributed by atoms with van der Waals surface area (Å²) in [5.41, 5.74) is 7.24. The van der Waals surface area contributed by atoms with Crippen LogP contribution in [0, 0.1) is 0 Å². The van der Waals surface area contributed by atoms with Crippen molar-refractivity contribution in [2.45, 2.75) is 24.9 Å². The van der Waals surface area contributed by atoms with Crippen LogP contribution in [0.5, 0.6) is 0 Å². The minimum Gasteiger partial charge on any atom is -0.327 e. The second kappa shape index (κ2) is 4.07. The van der Waals surface area contributed by atoms with E-state index in [0.717, 1.165) is 19.4 Å². The van der Waals surface area contributed by atoms with Gasteiger partial charge in [0.15, 0.2) is 0 Å². The first-order chi connectivity index (χ1) is 7.75. The third-order valence-corrected chi connectivity index (χ3v) is 5.21. The van der Waals surface area contributed by atoms with Gasteiger partial charge in [0.25, 0.3) is 0 Å². The molecule has 2 atom stereocenters. The molecule has 1 fully saturated rings. The highest BCUT2D eigenvalue weighted by atomic mass is 32.2. The molecule has 3 rings (SSSR count). The Balaban J connectivity index is 1.95. The van der Waals surface area contributed by atoms with Crippen LogP contribution in [0.2, 0.25) is 0 Å². The van der Waals surface area contributed by atoms with Gasteiger partial charge in [-0.2, -0.15) is 4.37 Å². The first-order valence-electron chi connectivity index (χ1n) is 5.54. The highest BCUT2D eigenvalue weighted by molar-refractivity contribution is 7.35. The van der Waals surface area contributed by atoms with Gasteiger partial charge in [0, 0.05) is 18.0 Å². The first kappa shape index (κ1) is 10.7. The molecule has 0 radical (unpaired) electrons. The Hall–Kier alpha value is -0.490. The largest absolute Gasteiger partial charge is 0.327 e. The van der Waals surface area contributed by atoms with Crippen LogP contribution >= 0.6 is 22.9 Å². The van der Waals surface area contributed by atoms with E-state index in [0.29, 0.717) is 12.1 Å². The topological polar surface area (TPSA) is 42.1 Å². The predicted molar refractivity (Wildman–Crippen MR) is 70.1 cm³/mol. The standard InChI is InChI=1S/C11H15N3S2/c1-14-6-7(12)2-3-9(14)10-8-4-5-15-11(8)16-13-10/h4-5,7,9H,2-3,6,12H2,1H3. The maximum Gasteiger partial charge on any atom is 0.108 e. The van der Waals surface area contributed by atoms with E-state index in [-0.39, 0.29) is 0 Å². The van der Waals surface area contributed by atoms with Crippen LogP contribution in [0.15, 0.2) is 11.4 Å². The number of nitrogens with zero attached hydrogens (tertiary/aromatic N) is 2. The third-order valence-electron chi connectivity index (χ3n) is 3.31. The molecule has 1 aliphatic heterocycles. The normalized spacial score (nSPS) is 27.6. The number of aromatic nitrogens is 1. The second-order valence-corrected chi connectivity index (χ2v) is 6.43. The lowest BCUT2D eigenvalue weighted by molar-refractivity contribution is 0.168. The molecule has 3 nitrogen and oxygen atoms in total. The Bertz CT molecular complexity index is 490. The number of thiophene rings is 1. The lowest BCUT2D eigenvalue weighted by Crippen LogP contribution is -2.42. The maximum absolute atomic E-state index is 5.98. The second-order valence-electron chi connectivity index (χ2n) is 4.48. The van der Waals surface area contributed by atoms with Gasteiger partial charge in [0.05, 0.1) is 11.7 Å². The number of hydrogen-bond acceptors (Lipinski definition) is 5. The average Bonchev–Trinajstić information content (AvgIpc) is 2.80. The molecule has 1 saturated heterocycles. The van der Waals surface area contributed by atoms with Crippen LogP contribution in [-0.2, 0) is 0 Å². The van der Waals surface area contributed by atoms with E-state index >= 15 is 0 Å². The highest BCUT2D eigenvalue weighted by Crippen LogP contribution is 2.36. The van der Waals surface area contributed by atoms with E-state index in [9.17, 15) is 0 Å². The van der Waals surface area contributed by atoms with E-state index in [2.05, 4.69) is 27.8 Å². The summed E-state index contributed by atoms with van der Waals surface area (Å²) in [6, 6.07) is 2.99. The molecule has 0 amide bonds. The van der Waals surface area contributed by atoms with Gasteiger partial charge in [-0.3, -0.25) is 4.90 Å². The Labute approximate surface area is 103 Å². The molecule has 16 heavy (non-hydrogen) atoms. The third kappa shape index (κ3) is 1.68. The fourth-order valence-electron chi connectivity index (χ4n) is 2.46. The van der Waals surface area contributed by atoms with Crippen molar-refractivity contribution in [2.24, 2.45) is 5.73 Å². The quantitative estimate of drug-likeness (QED) is 0.849. The van der Waals surface area contributed by atoms with Crippen LogP contribution < -0.4 is 5.73 Å². The molecular formula is C11H15N3S2. The molecule has 0 bridgehead atoms. The van der Waals surface area contributed by atoms with Crippen molar-refractivity contribution in [3.63, 3.8) is 0 Å². The number of fused-ring (bicyclic) bond motifs is 1. The van der Waals surface area contributed by atoms with Crippen LogP contribution in [0.4, 0.5) is 0 Å². The lowest BCUT2D eigenvalue weighted by Gasteiger charge is -2.34. The molecule has 2 aromatic rings. The fraction of sp³-hybridized carbons (Fsp3) is 0.545. The molecular weight excluding hydrogens is 238 g/mol. The van der Waals surface area contributed by atoms with Crippen molar-refractivity contribution in [1.29, 1.82) is 0 Å². The summed E-state index contributed by atoms with van der Waals surface area (Å²) in [4.78, 5) is 2.35. The zero-order chi connectivity index (χ0) is 11.1. The number of likely N-dealkylation sites (N-methyl/N-ethyl adjacent to an activating group) is 1. The summed E-state index contributed by atoms with van der Waals surface area (Å²) in [6.45, 7) is 0.980. The van der Waals surface area contributed by atoms with E-state index in [1.165, 1.54) is 15.1 Å². The van der Waals surface area contributed by atoms with Gasteiger partial charge in [0.1, 0.15) is 4.01 Å². The summed E-state index contributed by atoms with van der Waals surface area (Å²) in [7, 11) is 2.15. The SMILES string of the molecule is CN1CC(N)CCC1c1nsc2sccc12. The average molecular weight is 253 g/mol. The van der Waals surface area contributed by atoms with E-state index in [1.807, 2.05) is 0 Å². The zero-order valence-electron chi connectivity index (χ0n) is 9.22. The zero-order valence-corrected chi connectivity index (χ0v) is 10.9. The molecule has 1 aliphatic rings. The van der Waals surface area contributed by atoms with Crippen molar-refractivity contribution in [1.82, 2.24) is 9.27 Å². The van der Waals surface area contributed by atoms with Crippen LogP contribution in [0.25, 0.3) is 9.40 Å². The van der Waals surface area contributed by atoms with Gasteiger partial charge in [-0.05, 0) is 42.9 Å². The number of likely N-dealkylation sites (tertiary alicyclic amines) is 1. The van der Waals surface area contributed by atoms with Crippen molar-refractivity contribution in [3.05, 3.63) is 17.1 Å². The van der Waals surface area contributed by atoms with Crippen molar-refractivity contribution >= 4 is 32.3 Å². The smallest absolute Gasteiger partial charge is 0.108 e. The van der Waals surface area contributed by atoms with Crippen LogP contribution in [0.3, 0.4) is 0 Å². The molecule has 0 spiro atoms. The first-order valence-corrected chi connectivity index (χ1v) is 7.19. The Morgan fingerprint density at radius 2 is 2.38 bits per heavy atom.